The Kier molecular flexibility index (Phi) is 5.82. The molecule has 5 rings (SSSR count). The number of aromatic amines is 2. The van der Waals surface area contributed by atoms with E-state index in [0.717, 1.165) is 22.0 Å². The highest BCUT2D eigenvalue weighted by atomic mass is 16.2. The molecule has 5 aromatic rings. The molecule has 0 aliphatic heterocycles. The van der Waals surface area contributed by atoms with Crippen molar-refractivity contribution in [1.29, 1.82) is 0 Å². The van der Waals surface area contributed by atoms with Crippen LogP contribution in [0.15, 0.2) is 94.6 Å². The maximum Gasteiger partial charge on any atom is 0.328 e. The van der Waals surface area contributed by atoms with E-state index in [1.165, 1.54) is 4.57 Å². The maximum atomic E-state index is 12.8. The van der Waals surface area contributed by atoms with Crippen LogP contribution < -0.4 is 16.6 Å². The predicted octanol–water partition coefficient (Wildman–Crippen LogP) is 3.51. The molecule has 0 aliphatic rings. The first-order valence-electron chi connectivity index (χ1n) is 11.2. The summed E-state index contributed by atoms with van der Waals surface area (Å²) in [5.41, 5.74) is 2.85. The van der Waals surface area contributed by atoms with E-state index in [9.17, 15) is 14.4 Å². The number of carbonyl (C=O) groups is 1. The molecule has 1 amide bonds. The van der Waals surface area contributed by atoms with E-state index in [4.69, 9.17) is 0 Å². The van der Waals surface area contributed by atoms with Crippen molar-refractivity contribution in [1.82, 2.24) is 19.9 Å². The largest absolute Gasteiger partial charge is 0.361 e. The molecule has 2 heterocycles. The number of rotatable bonds is 7. The number of aromatic nitrogens is 3. The molecular weight excluding hydrogens is 428 g/mol. The number of hydrogen-bond acceptors (Lipinski definition) is 3. The molecule has 3 aromatic carbocycles. The average molecular weight is 453 g/mol. The molecule has 7 heteroatoms. The van der Waals surface area contributed by atoms with Crippen LogP contribution >= 0.6 is 0 Å². The number of amides is 1. The molecule has 3 N–H and O–H groups in total. The minimum atomic E-state index is -0.516. The monoisotopic (exact) mass is 452 g/mol. The molecule has 0 aliphatic carbocycles. The van der Waals surface area contributed by atoms with Crippen LogP contribution in [0.5, 0.6) is 0 Å². The van der Waals surface area contributed by atoms with Crippen molar-refractivity contribution in [3.63, 3.8) is 0 Å². The van der Waals surface area contributed by atoms with Gasteiger partial charge in [0.2, 0.25) is 5.91 Å². The highest BCUT2D eigenvalue weighted by molar-refractivity contribution is 5.84. The Morgan fingerprint density at radius 2 is 1.59 bits per heavy atom. The third-order valence-corrected chi connectivity index (χ3v) is 6.17. The number of para-hydroxylation sites is 2. The first-order chi connectivity index (χ1) is 16.6. The van der Waals surface area contributed by atoms with Gasteiger partial charge >= 0.3 is 5.69 Å². The summed E-state index contributed by atoms with van der Waals surface area (Å²) in [5, 5.41) is 4.59. The number of H-pyrrole nitrogens is 2. The molecule has 0 bridgehead atoms. The molecular formula is C27H24N4O3. The molecule has 2 aromatic heterocycles. The molecule has 170 valence electrons. The van der Waals surface area contributed by atoms with Crippen LogP contribution in [-0.2, 0) is 11.3 Å². The van der Waals surface area contributed by atoms with Crippen LogP contribution in [0.4, 0.5) is 0 Å². The second-order valence-electron chi connectivity index (χ2n) is 8.24. The van der Waals surface area contributed by atoms with Gasteiger partial charge in [-0.2, -0.15) is 0 Å². The average Bonchev–Trinajstić information content (AvgIpc) is 3.29. The number of benzene rings is 3. The van der Waals surface area contributed by atoms with Crippen LogP contribution in [0, 0.1) is 0 Å². The molecule has 0 saturated heterocycles. The molecule has 7 nitrogen and oxygen atoms in total. The molecule has 1 atom stereocenters. The molecule has 0 spiro atoms. The van der Waals surface area contributed by atoms with Gasteiger partial charge in [-0.3, -0.25) is 19.1 Å². The van der Waals surface area contributed by atoms with Crippen molar-refractivity contribution in [3.8, 4) is 0 Å². The number of hydrogen-bond donors (Lipinski definition) is 3. The quantitative estimate of drug-likeness (QED) is 0.352. The molecule has 1 unspecified atom stereocenters. The summed E-state index contributed by atoms with van der Waals surface area (Å²) in [7, 11) is 0. The zero-order valence-electron chi connectivity index (χ0n) is 18.5. The summed E-state index contributed by atoms with van der Waals surface area (Å²) in [5.74, 6) is -0.194. The van der Waals surface area contributed by atoms with E-state index in [1.54, 1.807) is 24.3 Å². The Hall–Kier alpha value is -4.39. The van der Waals surface area contributed by atoms with Crippen molar-refractivity contribution >= 4 is 27.7 Å². The second kappa shape index (κ2) is 9.23. The lowest BCUT2D eigenvalue weighted by atomic mass is 9.91. The zero-order valence-corrected chi connectivity index (χ0v) is 18.5. The Morgan fingerprint density at radius 3 is 2.41 bits per heavy atom. The first-order valence-corrected chi connectivity index (χ1v) is 11.2. The van der Waals surface area contributed by atoms with Crippen LogP contribution in [0.25, 0.3) is 21.8 Å². The van der Waals surface area contributed by atoms with E-state index in [1.807, 2.05) is 42.6 Å². The highest BCUT2D eigenvalue weighted by Gasteiger charge is 2.19. The molecule has 34 heavy (non-hydrogen) atoms. The van der Waals surface area contributed by atoms with Crippen LogP contribution in [0.3, 0.4) is 0 Å². The van der Waals surface area contributed by atoms with Gasteiger partial charge < -0.3 is 10.3 Å². The van der Waals surface area contributed by atoms with Crippen LogP contribution in [0.1, 0.15) is 23.5 Å². The van der Waals surface area contributed by atoms with E-state index in [-0.39, 0.29) is 24.8 Å². The fourth-order valence-corrected chi connectivity index (χ4v) is 4.46. The second-order valence-corrected chi connectivity index (χ2v) is 8.24. The fraction of sp³-hybridized carbons (Fsp3) is 0.148. The fourth-order valence-electron chi connectivity index (χ4n) is 4.46. The van der Waals surface area contributed by atoms with Crippen LogP contribution in [0.2, 0.25) is 0 Å². The van der Waals surface area contributed by atoms with Gasteiger partial charge in [0.05, 0.1) is 10.9 Å². The van der Waals surface area contributed by atoms with Gasteiger partial charge in [-0.1, -0.05) is 60.7 Å². The van der Waals surface area contributed by atoms with Crippen molar-refractivity contribution in [3.05, 3.63) is 117 Å². The SMILES string of the molecule is O=C(CCn1c(=O)[nH]c(=O)c2ccccc21)NCC(c1ccccc1)c1c[nH]c2ccccc12. The summed E-state index contributed by atoms with van der Waals surface area (Å²) in [6, 6.07) is 25.1. The minimum Gasteiger partial charge on any atom is -0.361 e. The lowest BCUT2D eigenvalue weighted by Crippen LogP contribution is -2.33. The molecule has 0 fully saturated rings. The van der Waals surface area contributed by atoms with Crippen molar-refractivity contribution in [2.75, 3.05) is 6.54 Å². The Labute approximate surface area is 195 Å². The Morgan fingerprint density at radius 1 is 0.882 bits per heavy atom. The summed E-state index contributed by atoms with van der Waals surface area (Å²) >= 11 is 0. The molecule has 0 saturated carbocycles. The van der Waals surface area contributed by atoms with Gasteiger partial charge in [-0.15, -0.1) is 0 Å². The predicted molar refractivity (Wildman–Crippen MR) is 133 cm³/mol. The van der Waals surface area contributed by atoms with Crippen molar-refractivity contribution < 1.29 is 4.79 Å². The normalized spacial score (nSPS) is 12.1. The van der Waals surface area contributed by atoms with Crippen LogP contribution in [-0.4, -0.2) is 27.0 Å². The third kappa shape index (κ3) is 4.15. The highest BCUT2D eigenvalue weighted by Crippen LogP contribution is 2.30. The van der Waals surface area contributed by atoms with Gasteiger partial charge in [0.25, 0.3) is 5.56 Å². The number of fused-ring (bicyclic) bond motifs is 2. The lowest BCUT2D eigenvalue weighted by molar-refractivity contribution is -0.121. The van der Waals surface area contributed by atoms with Crippen molar-refractivity contribution in [2.45, 2.75) is 18.9 Å². The minimum absolute atomic E-state index is 0.0297. The number of nitrogens with one attached hydrogen (secondary N) is 3. The van der Waals surface area contributed by atoms with Crippen molar-refractivity contribution in [2.24, 2.45) is 0 Å². The smallest absolute Gasteiger partial charge is 0.328 e. The number of nitrogens with zero attached hydrogens (tertiary/aromatic N) is 1. The number of aryl methyl sites for hydroxylation is 1. The van der Waals surface area contributed by atoms with E-state index in [2.05, 4.69) is 33.5 Å². The van der Waals surface area contributed by atoms with Gasteiger partial charge in [0, 0.05) is 42.5 Å². The van der Waals surface area contributed by atoms with Gasteiger partial charge in [-0.05, 0) is 29.3 Å². The Balaban J connectivity index is 1.35. The summed E-state index contributed by atoms with van der Waals surface area (Å²) < 4.78 is 1.44. The topological polar surface area (TPSA) is 99.8 Å². The summed E-state index contributed by atoms with van der Waals surface area (Å²) in [4.78, 5) is 42.9. The first kappa shape index (κ1) is 21.5. The zero-order chi connectivity index (χ0) is 23.5. The molecule has 0 radical (unpaired) electrons. The summed E-state index contributed by atoms with van der Waals surface area (Å²) in [6.45, 7) is 0.594. The van der Waals surface area contributed by atoms with E-state index < -0.39 is 11.2 Å². The number of carbonyl (C=O) groups excluding carboxylic acids is 1. The van der Waals surface area contributed by atoms with Gasteiger partial charge in [0.1, 0.15) is 0 Å². The summed E-state index contributed by atoms with van der Waals surface area (Å²) in [6.07, 6.45) is 2.12. The Bertz CT molecular complexity index is 1580. The third-order valence-electron chi connectivity index (χ3n) is 6.17. The van der Waals surface area contributed by atoms with E-state index in [0.29, 0.717) is 17.4 Å². The van der Waals surface area contributed by atoms with Gasteiger partial charge in [-0.25, -0.2) is 4.79 Å². The standard InChI is InChI=1S/C27H24N4O3/c32-25(14-15-31-24-13-7-5-11-20(24)26(33)30-27(31)34)29-16-21(18-8-2-1-3-9-18)22-17-28-23-12-6-4-10-19(22)23/h1-13,17,21,28H,14-16H2,(H,29,32)(H,30,33,34). The lowest BCUT2D eigenvalue weighted by Gasteiger charge is -2.18. The maximum absolute atomic E-state index is 12.8. The van der Waals surface area contributed by atoms with Gasteiger partial charge in [0.15, 0.2) is 0 Å². The van der Waals surface area contributed by atoms with E-state index >= 15 is 0 Å².